The highest BCUT2D eigenvalue weighted by atomic mass is 35.5. The molecule has 0 saturated carbocycles. The van der Waals surface area contributed by atoms with E-state index in [1.54, 1.807) is 18.2 Å². The Morgan fingerprint density at radius 3 is 2.48 bits per heavy atom. The van der Waals surface area contributed by atoms with Crippen molar-refractivity contribution in [1.82, 2.24) is 0 Å². The highest BCUT2D eigenvalue weighted by molar-refractivity contribution is 8.00. The van der Waals surface area contributed by atoms with E-state index in [2.05, 4.69) is 10.6 Å². The maximum absolute atomic E-state index is 12.5. The van der Waals surface area contributed by atoms with Gasteiger partial charge in [-0.15, -0.1) is 11.8 Å². The first-order valence-corrected chi connectivity index (χ1v) is 9.89. The normalized spacial score (nSPS) is 11.6. The average molecular weight is 407 g/mol. The minimum absolute atomic E-state index is 0.00104. The van der Waals surface area contributed by atoms with Crippen LogP contribution in [-0.4, -0.2) is 24.2 Å². The molecule has 0 saturated heterocycles. The monoisotopic (exact) mass is 406 g/mol. The van der Waals surface area contributed by atoms with Gasteiger partial charge in [0.05, 0.1) is 18.0 Å². The van der Waals surface area contributed by atoms with Crippen LogP contribution in [0.1, 0.15) is 26.7 Å². The molecule has 1 atom stereocenters. The molecule has 0 radical (unpaired) electrons. The molecule has 0 aliphatic rings. The minimum Gasteiger partial charge on any atom is -0.495 e. The summed E-state index contributed by atoms with van der Waals surface area (Å²) >= 11 is 7.42. The third-order valence-electron chi connectivity index (χ3n) is 3.72. The van der Waals surface area contributed by atoms with Crippen molar-refractivity contribution in [3.05, 3.63) is 47.5 Å². The zero-order valence-corrected chi connectivity index (χ0v) is 17.1. The number of rotatable bonds is 8. The lowest BCUT2D eigenvalue weighted by atomic mass is 10.3. The van der Waals surface area contributed by atoms with E-state index in [1.165, 1.54) is 18.9 Å². The molecule has 144 valence electrons. The summed E-state index contributed by atoms with van der Waals surface area (Å²) in [6.07, 6.45) is 1.31. The van der Waals surface area contributed by atoms with Crippen molar-refractivity contribution in [3.8, 4) is 5.75 Å². The Hall–Kier alpha value is -2.18. The van der Waals surface area contributed by atoms with Gasteiger partial charge in [0, 0.05) is 22.0 Å². The number of benzene rings is 2. The molecular formula is C20H23ClN2O3S. The Morgan fingerprint density at radius 2 is 1.85 bits per heavy atom. The van der Waals surface area contributed by atoms with E-state index in [-0.39, 0.29) is 17.1 Å². The Labute approximate surface area is 168 Å². The van der Waals surface area contributed by atoms with E-state index in [9.17, 15) is 9.59 Å². The van der Waals surface area contributed by atoms with Crippen LogP contribution < -0.4 is 15.4 Å². The predicted octanol–water partition coefficient (Wildman–Crippen LogP) is 5.21. The van der Waals surface area contributed by atoms with Crippen LogP contribution >= 0.6 is 23.4 Å². The molecule has 2 N–H and O–H groups in total. The molecule has 2 aromatic carbocycles. The van der Waals surface area contributed by atoms with E-state index in [1.807, 2.05) is 38.1 Å². The standard InChI is InChI=1S/C20H23ClN2O3S/c1-4-5-19(24)22-15-7-9-16(10-8-15)27-13(2)20(25)23-17-12-14(21)6-11-18(17)26-3/h6-13H,4-5H2,1-3H3,(H,22,24)(H,23,25). The van der Waals surface area contributed by atoms with Crippen LogP contribution in [0.15, 0.2) is 47.4 Å². The number of nitrogens with one attached hydrogen (secondary N) is 2. The second kappa shape index (κ2) is 10.2. The van der Waals surface area contributed by atoms with Gasteiger partial charge in [-0.2, -0.15) is 0 Å². The molecule has 2 amide bonds. The predicted molar refractivity (Wildman–Crippen MR) is 112 cm³/mol. The number of methoxy groups -OCH3 is 1. The van der Waals surface area contributed by atoms with E-state index in [4.69, 9.17) is 16.3 Å². The van der Waals surface area contributed by atoms with E-state index >= 15 is 0 Å². The van der Waals surface area contributed by atoms with Gasteiger partial charge in [-0.25, -0.2) is 0 Å². The van der Waals surface area contributed by atoms with Crippen molar-refractivity contribution in [2.45, 2.75) is 36.8 Å². The summed E-state index contributed by atoms with van der Waals surface area (Å²) in [4.78, 5) is 25.1. The van der Waals surface area contributed by atoms with Crippen molar-refractivity contribution in [2.24, 2.45) is 0 Å². The maximum Gasteiger partial charge on any atom is 0.237 e. The lowest BCUT2D eigenvalue weighted by molar-refractivity contribution is -0.116. The van der Waals surface area contributed by atoms with Crippen molar-refractivity contribution in [2.75, 3.05) is 17.7 Å². The zero-order valence-electron chi connectivity index (χ0n) is 15.5. The summed E-state index contributed by atoms with van der Waals surface area (Å²) in [6.45, 7) is 3.79. The summed E-state index contributed by atoms with van der Waals surface area (Å²) in [5.74, 6) is 0.402. The van der Waals surface area contributed by atoms with Crippen LogP contribution in [-0.2, 0) is 9.59 Å². The van der Waals surface area contributed by atoms with Crippen molar-refractivity contribution in [3.63, 3.8) is 0 Å². The van der Waals surface area contributed by atoms with Crippen LogP contribution in [0, 0.1) is 0 Å². The van der Waals surface area contributed by atoms with E-state index in [0.29, 0.717) is 22.9 Å². The highest BCUT2D eigenvalue weighted by Gasteiger charge is 2.16. The number of carbonyl (C=O) groups excluding carboxylic acids is 2. The lowest BCUT2D eigenvalue weighted by Gasteiger charge is -2.15. The fraction of sp³-hybridized carbons (Fsp3) is 0.300. The molecule has 0 spiro atoms. The van der Waals surface area contributed by atoms with Gasteiger partial charge in [0.2, 0.25) is 11.8 Å². The topological polar surface area (TPSA) is 67.4 Å². The van der Waals surface area contributed by atoms with Crippen LogP contribution in [0.5, 0.6) is 5.75 Å². The summed E-state index contributed by atoms with van der Waals surface area (Å²) < 4.78 is 5.25. The molecule has 0 aliphatic heterocycles. The molecule has 1 unspecified atom stereocenters. The molecule has 2 rings (SSSR count). The van der Waals surface area contributed by atoms with Gasteiger partial charge in [-0.3, -0.25) is 9.59 Å². The van der Waals surface area contributed by atoms with Gasteiger partial charge in [-0.05, 0) is 55.8 Å². The maximum atomic E-state index is 12.5. The Kier molecular flexibility index (Phi) is 8.00. The molecule has 0 aromatic heterocycles. The second-order valence-corrected chi connectivity index (χ2v) is 7.77. The molecule has 2 aromatic rings. The van der Waals surface area contributed by atoms with E-state index in [0.717, 1.165) is 17.0 Å². The first-order chi connectivity index (χ1) is 12.9. The largest absolute Gasteiger partial charge is 0.495 e. The Balaban J connectivity index is 1.96. The molecule has 0 aliphatic carbocycles. The molecular weight excluding hydrogens is 384 g/mol. The summed E-state index contributed by atoms with van der Waals surface area (Å²) in [5.41, 5.74) is 1.29. The third kappa shape index (κ3) is 6.48. The number of halogens is 1. The van der Waals surface area contributed by atoms with Gasteiger partial charge in [-0.1, -0.05) is 18.5 Å². The van der Waals surface area contributed by atoms with Crippen molar-refractivity contribution < 1.29 is 14.3 Å². The van der Waals surface area contributed by atoms with Crippen LogP contribution in [0.25, 0.3) is 0 Å². The number of anilines is 2. The van der Waals surface area contributed by atoms with Gasteiger partial charge in [0.15, 0.2) is 0 Å². The smallest absolute Gasteiger partial charge is 0.237 e. The number of ether oxygens (including phenoxy) is 1. The highest BCUT2D eigenvalue weighted by Crippen LogP contribution is 2.30. The van der Waals surface area contributed by atoms with Crippen molar-refractivity contribution >= 4 is 46.6 Å². The Bertz CT molecular complexity index is 796. The quantitative estimate of drug-likeness (QED) is 0.591. The number of hydrogen-bond acceptors (Lipinski definition) is 4. The van der Waals surface area contributed by atoms with Crippen LogP contribution in [0.3, 0.4) is 0 Å². The fourth-order valence-electron chi connectivity index (χ4n) is 2.34. The summed E-state index contributed by atoms with van der Waals surface area (Å²) in [5, 5.41) is 5.89. The van der Waals surface area contributed by atoms with Crippen LogP contribution in [0.4, 0.5) is 11.4 Å². The van der Waals surface area contributed by atoms with Gasteiger partial charge in [0.25, 0.3) is 0 Å². The molecule has 5 nitrogen and oxygen atoms in total. The number of amides is 2. The average Bonchev–Trinajstić information content (AvgIpc) is 2.63. The van der Waals surface area contributed by atoms with Gasteiger partial charge >= 0.3 is 0 Å². The summed E-state index contributed by atoms with van der Waals surface area (Å²) in [6, 6.07) is 12.5. The third-order valence-corrected chi connectivity index (χ3v) is 5.06. The summed E-state index contributed by atoms with van der Waals surface area (Å²) in [7, 11) is 1.54. The molecule has 0 fully saturated rings. The number of thioether (sulfide) groups is 1. The van der Waals surface area contributed by atoms with E-state index < -0.39 is 0 Å². The molecule has 0 bridgehead atoms. The fourth-order valence-corrected chi connectivity index (χ4v) is 3.38. The first kappa shape index (κ1) is 21.1. The molecule has 27 heavy (non-hydrogen) atoms. The van der Waals surface area contributed by atoms with Crippen molar-refractivity contribution in [1.29, 1.82) is 0 Å². The number of carbonyl (C=O) groups is 2. The second-order valence-electron chi connectivity index (χ2n) is 5.92. The lowest BCUT2D eigenvalue weighted by Crippen LogP contribution is -2.22. The van der Waals surface area contributed by atoms with Gasteiger partial charge < -0.3 is 15.4 Å². The first-order valence-electron chi connectivity index (χ1n) is 8.64. The molecule has 7 heteroatoms. The Morgan fingerprint density at radius 1 is 1.15 bits per heavy atom. The number of hydrogen-bond donors (Lipinski definition) is 2. The molecule has 0 heterocycles. The SMILES string of the molecule is CCCC(=O)Nc1ccc(SC(C)C(=O)Nc2cc(Cl)ccc2OC)cc1. The minimum atomic E-state index is -0.325. The van der Waals surface area contributed by atoms with Gasteiger partial charge in [0.1, 0.15) is 5.75 Å². The zero-order chi connectivity index (χ0) is 19.8. The van der Waals surface area contributed by atoms with Crippen LogP contribution in [0.2, 0.25) is 5.02 Å².